The van der Waals surface area contributed by atoms with E-state index in [0.29, 0.717) is 6.54 Å². The Bertz CT molecular complexity index is 1200. The number of aromatic nitrogens is 3. The number of fused-ring (bicyclic) bond motifs is 5. The highest BCUT2D eigenvalue weighted by Gasteiger charge is 2.38. The average Bonchev–Trinajstić information content (AvgIpc) is 3.54. The molecule has 2 N–H and O–H groups in total. The molecule has 2 amide bonds. The summed E-state index contributed by atoms with van der Waals surface area (Å²) in [5, 5.41) is 10.5. The third kappa shape index (κ3) is 4.35. The van der Waals surface area contributed by atoms with Crippen molar-refractivity contribution in [2.45, 2.75) is 83.7 Å². The number of urea groups is 1. The maximum absolute atomic E-state index is 12.5. The van der Waals surface area contributed by atoms with Gasteiger partial charge in [-0.1, -0.05) is 94.8 Å². The molecule has 1 aromatic heterocycles. The number of unbranched alkanes of at least 4 members (excludes halogenated alkanes) is 1. The minimum atomic E-state index is -0.463. The molecule has 35 heavy (non-hydrogen) atoms. The second kappa shape index (κ2) is 9.84. The molecule has 6 nitrogen and oxygen atoms in total. The van der Waals surface area contributed by atoms with Gasteiger partial charge < -0.3 is 5.73 Å². The molecule has 0 radical (unpaired) electrons. The van der Waals surface area contributed by atoms with Gasteiger partial charge in [0.15, 0.2) is 0 Å². The molecule has 0 bridgehead atoms. The summed E-state index contributed by atoms with van der Waals surface area (Å²) in [7, 11) is 0. The Kier molecular flexibility index (Phi) is 6.63. The van der Waals surface area contributed by atoms with Crippen LogP contribution in [0.3, 0.4) is 0 Å². The predicted octanol–water partition coefficient (Wildman–Crippen LogP) is 6.89. The van der Waals surface area contributed by atoms with Gasteiger partial charge in [-0.25, -0.2) is 4.79 Å². The van der Waals surface area contributed by atoms with E-state index in [9.17, 15) is 4.79 Å². The van der Waals surface area contributed by atoms with Crippen LogP contribution in [0.5, 0.6) is 0 Å². The fourth-order valence-corrected chi connectivity index (χ4v) is 6.14. The summed E-state index contributed by atoms with van der Waals surface area (Å²) in [6.45, 7) is 4.96. The first-order valence-corrected chi connectivity index (χ1v) is 13.3. The molecule has 1 atom stereocenters. The Labute approximate surface area is 208 Å². The van der Waals surface area contributed by atoms with Crippen LogP contribution in [-0.4, -0.2) is 21.0 Å². The number of para-hydroxylation sites is 1. The van der Waals surface area contributed by atoms with E-state index in [4.69, 9.17) is 15.9 Å². The van der Waals surface area contributed by atoms with Gasteiger partial charge in [0, 0.05) is 11.1 Å². The first-order valence-electron chi connectivity index (χ1n) is 13.3. The highest BCUT2D eigenvalue weighted by Crippen LogP contribution is 2.44. The first kappa shape index (κ1) is 23.6. The van der Waals surface area contributed by atoms with Crippen molar-refractivity contribution in [2.24, 2.45) is 11.7 Å². The zero-order chi connectivity index (χ0) is 24.4. The number of amides is 2. The van der Waals surface area contributed by atoms with Gasteiger partial charge in [0.25, 0.3) is 0 Å². The predicted molar refractivity (Wildman–Crippen MR) is 141 cm³/mol. The number of benzene rings is 2. The Morgan fingerprint density at radius 1 is 1.00 bits per heavy atom. The summed E-state index contributed by atoms with van der Waals surface area (Å²) in [6, 6.07) is 15.7. The minimum absolute atomic E-state index is 0.0979. The van der Waals surface area contributed by atoms with Crippen LogP contribution in [-0.2, 0) is 12.1 Å². The number of hydrogen-bond acceptors (Lipinski definition) is 3. The second-order valence-electron chi connectivity index (χ2n) is 10.3. The lowest BCUT2D eigenvalue weighted by atomic mass is 9.81. The number of hydrogen-bond donors (Lipinski definition) is 1. The topological polar surface area (TPSA) is 77.0 Å². The fourth-order valence-electron chi connectivity index (χ4n) is 6.14. The quantitative estimate of drug-likeness (QED) is 0.408. The van der Waals surface area contributed by atoms with Crippen LogP contribution in [0.25, 0.3) is 22.5 Å². The van der Waals surface area contributed by atoms with Crippen molar-refractivity contribution >= 4 is 11.7 Å². The molecular weight excluding hydrogens is 434 g/mol. The van der Waals surface area contributed by atoms with Gasteiger partial charge in [-0.3, -0.25) is 4.90 Å². The number of nitrogens with two attached hydrogens (primary N) is 1. The number of rotatable bonds is 7. The maximum atomic E-state index is 12.5. The maximum Gasteiger partial charge on any atom is 0.319 e. The zero-order valence-corrected chi connectivity index (χ0v) is 21.0. The smallest absolute Gasteiger partial charge is 0.319 e. The number of anilines is 1. The molecule has 5 rings (SSSR count). The van der Waals surface area contributed by atoms with Gasteiger partial charge in [-0.2, -0.15) is 15.0 Å². The molecule has 0 saturated heterocycles. The normalized spacial score (nSPS) is 17.1. The monoisotopic (exact) mass is 471 g/mol. The number of nitrogens with zero attached hydrogens (tertiary/aromatic N) is 4. The number of primary amides is 1. The Balaban J connectivity index is 1.72. The van der Waals surface area contributed by atoms with Gasteiger partial charge in [0.2, 0.25) is 0 Å². The van der Waals surface area contributed by atoms with Crippen molar-refractivity contribution in [3.05, 3.63) is 54.1 Å². The Hall–Kier alpha value is -3.15. The molecule has 1 aliphatic carbocycles. The lowest BCUT2D eigenvalue weighted by Crippen LogP contribution is -2.37. The third-order valence-corrected chi connectivity index (χ3v) is 8.15. The molecule has 1 unspecified atom stereocenters. The van der Waals surface area contributed by atoms with E-state index in [1.165, 1.54) is 25.7 Å². The van der Waals surface area contributed by atoms with E-state index in [-0.39, 0.29) is 5.54 Å². The van der Waals surface area contributed by atoms with Crippen LogP contribution < -0.4 is 10.6 Å². The van der Waals surface area contributed by atoms with Crippen molar-refractivity contribution in [3.63, 3.8) is 0 Å². The lowest BCUT2D eigenvalue weighted by molar-refractivity contribution is 0.146. The summed E-state index contributed by atoms with van der Waals surface area (Å²) in [6.07, 6.45) is 10.8. The Morgan fingerprint density at radius 2 is 1.66 bits per heavy atom. The molecule has 2 heterocycles. The molecule has 3 aromatic rings. The van der Waals surface area contributed by atoms with E-state index >= 15 is 0 Å². The minimum Gasteiger partial charge on any atom is -0.351 e. The molecular formula is C29H37N5O. The van der Waals surface area contributed by atoms with E-state index in [2.05, 4.69) is 30.8 Å². The van der Waals surface area contributed by atoms with Gasteiger partial charge in [0.1, 0.15) is 11.4 Å². The zero-order valence-electron chi connectivity index (χ0n) is 21.0. The van der Waals surface area contributed by atoms with Crippen LogP contribution in [0.2, 0.25) is 0 Å². The average molecular weight is 472 g/mol. The van der Waals surface area contributed by atoms with E-state index in [1.807, 2.05) is 36.4 Å². The summed E-state index contributed by atoms with van der Waals surface area (Å²) in [4.78, 5) is 16.3. The Morgan fingerprint density at radius 3 is 2.34 bits per heavy atom. The largest absolute Gasteiger partial charge is 0.351 e. The summed E-state index contributed by atoms with van der Waals surface area (Å²) < 4.78 is 0. The highest BCUT2D eigenvalue weighted by molar-refractivity contribution is 5.98. The molecule has 1 aliphatic heterocycles. The van der Waals surface area contributed by atoms with E-state index in [0.717, 1.165) is 71.8 Å². The standard InChI is InChI=1S/C29H37N5O/c1-3-5-18-29(4-2,19-21-12-6-7-13-21)34-31-26-23-15-9-8-14-22(23)20-33(28(30)35)25-17-11-10-16-24(25)27(26)32-34/h8-11,14-17,21H,3-7,12-13,18-20H2,1-2H3,(H2,30,35). The van der Waals surface area contributed by atoms with E-state index < -0.39 is 6.03 Å². The third-order valence-electron chi connectivity index (χ3n) is 8.15. The van der Waals surface area contributed by atoms with Gasteiger partial charge >= 0.3 is 6.03 Å². The fraction of sp³-hybridized carbons (Fsp3) is 0.483. The van der Waals surface area contributed by atoms with E-state index in [1.54, 1.807) is 4.90 Å². The second-order valence-corrected chi connectivity index (χ2v) is 10.3. The highest BCUT2D eigenvalue weighted by atomic mass is 16.2. The molecule has 6 heteroatoms. The van der Waals surface area contributed by atoms with Crippen molar-refractivity contribution in [3.8, 4) is 22.5 Å². The molecule has 1 saturated carbocycles. The van der Waals surface area contributed by atoms with Crippen molar-refractivity contribution in [1.82, 2.24) is 15.0 Å². The SMILES string of the molecule is CCCCC(CC)(CC1CCCC1)n1nc2c(n1)-c1ccccc1N(C(N)=O)Cc1ccccc1-2. The molecule has 2 aromatic carbocycles. The van der Waals surface area contributed by atoms with Gasteiger partial charge in [0.05, 0.1) is 17.8 Å². The summed E-state index contributed by atoms with van der Waals surface area (Å²) >= 11 is 0. The molecule has 0 spiro atoms. The van der Waals surface area contributed by atoms with Crippen LogP contribution >= 0.6 is 0 Å². The van der Waals surface area contributed by atoms with Crippen LogP contribution in [0.1, 0.15) is 77.2 Å². The molecule has 184 valence electrons. The van der Waals surface area contributed by atoms with Crippen LogP contribution in [0.15, 0.2) is 48.5 Å². The molecule has 2 aliphatic rings. The van der Waals surface area contributed by atoms with Crippen LogP contribution in [0.4, 0.5) is 10.5 Å². The van der Waals surface area contributed by atoms with Gasteiger partial charge in [-0.15, -0.1) is 0 Å². The van der Waals surface area contributed by atoms with Crippen molar-refractivity contribution in [1.29, 1.82) is 0 Å². The summed E-state index contributed by atoms with van der Waals surface area (Å²) in [5.41, 5.74) is 11.2. The van der Waals surface area contributed by atoms with Crippen molar-refractivity contribution < 1.29 is 4.79 Å². The summed E-state index contributed by atoms with van der Waals surface area (Å²) in [5.74, 6) is 0.741. The number of carbonyl (C=O) groups excluding carboxylic acids is 1. The van der Waals surface area contributed by atoms with Crippen molar-refractivity contribution in [2.75, 3.05) is 4.90 Å². The number of carbonyl (C=O) groups is 1. The lowest BCUT2D eigenvalue weighted by Gasteiger charge is -2.34. The molecule has 1 fully saturated rings. The van der Waals surface area contributed by atoms with Crippen LogP contribution in [0, 0.1) is 5.92 Å². The van der Waals surface area contributed by atoms with Gasteiger partial charge in [-0.05, 0) is 36.8 Å². The first-order chi connectivity index (χ1) is 17.1.